The molecule has 2 aromatic rings. The molecule has 2 aliphatic rings. The van der Waals surface area contributed by atoms with Crippen molar-refractivity contribution < 1.29 is 9.59 Å². The summed E-state index contributed by atoms with van der Waals surface area (Å²) in [6.07, 6.45) is 4.12. The minimum absolute atomic E-state index is 0.0425. The van der Waals surface area contributed by atoms with Crippen molar-refractivity contribution in [2.45, 2.75) is 38.0 Å². The molecule has 1 fully saturated rings. The SMILES string of the molecule is Nc1nc(N2CCCCC2)nc2c1[C@@H](C(=O)NCCc1ccccc1)CC(=O)N2. The van der Waals surface area contributed by atoms with Gasteiger partial charge >= 0.3 is 0 Å². The number of benzene rings is 1. The van der Waals surface area contributed by atoms with Crippen LogP contribution in [0.15, 0.2) is 30.3 Å². The van der Waals surface area contributed by atoms with Gasteiger partial charge in [-0.05, 0) is 31.2 Å². The van der Waals surface area contributed by atoms with Crippen molar-refractivity contribution in [3.8, 4) is 0 Å². The Morgan fingerprint density at radius 2 is 1.93 bits per heavy atom. The largest absolute Gasteiger partial charge is 0.383 e. The number of nitrogens with zero attached hydrogens (tertiary/aromatic N) is 3. The number of anilines is 3. The Hall–Kier alpha value is -3.16. The number of hydrogen-bond acceptors (Lipinski definition) is 6. The summed E-state index contributed by atoms with van der Waals surface area (Å²) in [5.74, 6) is 0.00841. The van der Waals surface area contributed by atoms with Crippen LogP contribution in [0.4, 0.5) is 17.6 Å². The second kappa shape index (κ2) is 8.46. The highest BCUT2D eigenvalue weighted by Crippen LogP contribution is 2.36. The lowest BCUT2D eigenvalue weighted by Gasteiger charge is -2.30. The summed E-state index contributed by atoms with van der Waals surface area (Å²) >= 11 is 0. The molecule has 152 valence electrons. The van der Waals surface area contributed by atoms with Gasteiger partial charge in [-0.1, -0.05) is 30.3 Å². The summed E-state index contributed by atoms with van der Waals surface area (Å²) in [5.41, 5.74) is 7.89. The molecule has 2 aliphatic heterocycles. The van der Waals surface area contributed by atoms with E-state index in [0.29, 0.717) is 23.9 Å². The summed E-state index contributed by atoms with van der Waals surface area (Å²) in [7, 11) is 0. The van der Waals surface area contributed by atoms with Crippen molar-refractivity contribution in [3.05, 3.63) is 41.5 Å². The Balaban J connectivity index is 1.50. The number of amides is 2. The fourth-order valence-electron chi connectivity index (χ4n) is 3.94. The zero-order valence-electron chi connectivity index (χ0n) is 16.4. The number of hydrogen-bond donors (Lipinski definition) is 3. The fraction of sp³-hybridized carbons (Fsp3) is 0.429. The van der Waals surface area contributed by atoms with E-state index in [9.17, 15) is 9.59 Å². The van der Waals surface area contributed by atoms with E-state index in [1.165, 1.54) is 6.42 Å². The lowest BCUT2D eigenvalue weighted by atomic mass is 9.92. The highest BCUT2D eigenvalue weighted by atomic mass is 16.2. The molecule has 8 heteroatoms. The van der Waals surface area contributed by atoms with Gasteiger partial charge in [-0.3, -0.25) is 9.59 Å². The first-order valence-corrected chi connectivity index (χ1v) is 10.2. The first-order chi connectivity index (χ1) is 14.1. The molecule has 29 heavy (non-hydrogen) atoms. The van der Waals surface area contributed by atoms with Crippen molar-refractivity contribution in [3.63, 3.8) is 0 Å². The number of fused-ring (bicyclic) bond motifs is 1. The number of nitrogens with one attached hydrogen (secondary N) is 2. The molecule has 0 spiro atoms. The maximum Gasteiger partial charge on any atom is 0.229 e. The number of piperidine rings is 1. The van der Waals surface area contributed by atoms with E-state index in [1.807, 2.05) is 30.3 Å². The van der Waals surface area contributed by atoms with Gasteiger partial charge < -0.3 is 21.3 Å². The monoisotopic (exact) mass is 394 g/mol. The first kappa shape index (κ1) is 19.2. The van der Waals surface area contributed by atoms with Crippen LogP contribution >= 0.6 is 0 Å². The summed E-state index contributed by atoms with van der Waals surface area (Å²) in [5, 5.41) is 5.70. The highest BCUT2D eigenvalue weighted by molar-refractivity contribution is 6.01. The average molecular weight is 394 g/mol. The second-order valence-electron chi connectivity index (χ2n) is 7.55. The van der Waals surface area contributed by atoms with Gasteiger partial charge in [0.15, 0.2) is 0 Å². The second-order valence-corrected chi connectivity index (χ2v) is 7.55. The maximum atomic E-state index is 12.8. The van der Waals surface area contributed by atoms with Crippen LogP contribution in [-0.4, -0.2) is 41.4 Å². The van der Waals surface area contributed by atoms with Crippen molar-refractivity contribution in [2.24, 2.45) is 0 Å². The lowest BCUT2D eigenvalue weighted by Crippen LogP contribution is -2.38. The third-order valence-corrected chi connectivity index (χ3v) is 5.47. The van der Waals surface area contributed by atoms with Crippen LogP contribution in [-0.2, 0) is 16.0 Å². The van der Waals surface area contributed by atoms with Gasteiger partial charge in [0, 0.05) is 26.1 Å². The van der Waals surface area contributed by atoms with E-state index in [1.54, 1.807) is 0 Å². The quantitative estimate of drug-likeness (QED) is 0.713. The molecule has 0 radical (unpaired) electrons. The van der Waals surface area contributed by atoms with Crippen molar-refractivity contribution in [2.75, 3.05) is 35.6 Å². The zero-order valence-corrected chi connectivity index (χ0v) is 16.4. The number of carbonyl (C=O) groups excluding carboxylic acids is 2. The summed E-state index contributed by atoms with van der Waals surface area (Å²) in [6.45, 7) is 2.23. The number of aromatic nitrogens is 2. The molecule has 8 nitrogen and oxygen atoms in total. The predicted molar refractivity (Wildman–Crippen MR) is 112 cm³/mol. The number of nitrogen functional groups attached to an aromatic ring is 1. The minimum Gasteiger partial charge on any atom is -0.383 e. The molecule has 0 aliphatic carbocycles. The molecular weight excluding hydrogens is 368 g/mol. The Morgan fingerprint density at radius 3 is 2.69 bits per heavy atom. The van der Waals surface area contributed by atoms with Gasteiger partial charge in [0.2, 0.25) is 17.8 Å². The molecule has 2 amide bonds. The Morgan fingerprint density at radius 1 is 1.17 bits per heavy atom. The molecule has 1 saturated heterocycles. The molecule has 0 saturated carbocycles. The van der Waals surface area contributed by atoms with E-state index < -0.39 is 5.92 Å². The number of carbonyl (C=O) groups is 2. The van der Waals surface area contributed by atoms with Crippen molar-refractivity contribution in [1.82, 2.24) is 15.3 Å². The molecule has 1 aromatic carbocycles. The van der Waals surface area contributed by atoms with Gasteiger partial charge in [-0.2, -0.15) is 9.97 Å². The van der Waals surface area contributed by atoms with Crippen LogP contribution in [0.3, 0.4) is 0 Å². The Kier molecular flexibility index (Phi) is 5.59. The first-order valence-electron chi connectivity index (χ1n) is 10.2. The summed E-state index contributed by atoms with van der Waals surface area (Å²) in [4.78, 5) is 36.1. The minimum atomic E-state index is -0.676. The van der Waals surface area contributed by atoms with Crippen molar-refractivity contribution in [1.29, 1.82) is 0 Å². The van der Waals surface area contributed by atoms with E-state index in [2.05, 4.69) is 25.5 Å². The third-order valence-electron chi connectivity index (χ3n) is 5.47. The molecule has 0 bridgehead atoms. The van der Waals surface area contributed by atoms with Crippen LogP contribution < -0.4 is 21.3 Å². The molecule has 0 unspecified atom stereocenters. The Labute approximate surface area is 169 Å². The predicted octanol–water partition coefficient (Wildman–Crippen LogP) is 1.83. The smallest absolute Gasteiger partial charge is 0.229 e. The van der Waals surface area contributed by atoms with Crippen LogP contribution in [0.2, 0.25) is 0 Å². The summed E-state index contributed by atoms with van der Waals surface area (Å²) < 4.78 is 0. The highest BCUT2D eigenvalue weighted by Gasteiger charge is 2.35. The van der Waals surface area contributed by atoms with E-state index in [-0.39, 0.29) is 24.1 Å². The molecule has 1 aromatic heterocycles. The van der Waals surface area contributed by atoms with Gasteiger partial charge in [-0.25, -0.2) is 0 Å². The van der Waals surface area contributed by atoms with Crippen LogP contribution in [0.5, 0.6) is 0 Å². The van der Waals surface area contributed by atoms with Gasteiger partial charge in [0.25, 0.3) is 0 Å². The molecular formula is C21H26N6O2. The topological polar surface area (TPSA) is 113 Å². The van der Waals surface area contributed by atoms with Gasteiger partial charge in [-0.15, -0.1) is 0 Å². The fourth-order valence-corrected chi connectivity index (χ4v) is 3.94. The third kappa shape index (κ3) is 4.31. The van der Waals surface area contributed by atoms with Crippen LogP contribution in [0.25, 0.3) is 0 Å². The van der Waals surface area contributed by atoms with Crippen molar-refractivity contribution >= 4 is 29.4 Å². The normalized spacial score (nSPS) is 18.7. The van der Waals surface area contributed by atoms with Gasteiger partial charge in [0.05, 0.1) is 11.5 Å². The number of nitrogens with two attached hydrogens (primary N) is 1. The standard InChI is InChI=1S/C21H26N6O2/c22-18-17-15(20(29)23-10-9-14-7-3-1-4-8-14)13-16(28)24-19(17)26-21(25-18)27-11-5-2-6-12-27/h1,3-4,7-8,15H,2,5-6,9-13H2,(H,23,29)(H3,22,24,25,26,28)/t15-/m0/s1. The summed E-state index contributed by atoms with van der Waals surface area (Å²) in [6, 6.07) is 9.93. The average Bonchev–Trinajstić information content (AvgIpc) is 2.74. The zero-order chi connectivity index (χ0) is 20.2. The number of rotatable bonds is 5. The van der Waals surface area contributed by atoms with E-state index >= 15 is 0 Å². The molecule has 4 N–H and O–H groups in total. The lowest BCUT2D eigenvalue weighted by molar-refractivity contribution is -0.126. The van der Waals surface area contributed by atoms with Crippen LogP contribution in [0, 0.1) is 0 Å². The molecule has 4 rings (SSSR count). The Bertz CT molecular complexity index is 896. The van der Waals surface area contributed by atoms with Crippen LogP contribution in [0.1, 0.15) is 42.7 Å². The molecule has 3 heterocycles. The molecule has 1 atom stereocenters. The van der Waals surface area contributed by atoms with E-state index in [0.717, 1.165) is 37.9 Å². The maximum absolute atomic E-state index is 12.8. The van der Waals surface area contributed by atoms with E-state index in [4.69, 9.17) is 5.73 Å². The van der Waals surface area contributed by atoms with Gasteiger partial charge in [0.1, 0.15) is 11.6 Å².